The van der Waals surface area contributed by atoms with E-state index in [2.05, 4.69) is 30.7 Å². The van der Waals surface area contributed by atoms with Gasteiger partial charge in [-0.15, -0.1) is 51.2 Å². The number of nitrogens with zero attached hydrogens (tertiary/aromatic N) is 1. The first-order valence-electron chi connectivity index (χ1n) is 8.87. The summed E-state index contributed by atoms with van der Waals surface area (Å²) in [6.45, 7) is 2.30. The minimum absolute atomic E-state index is 0. The van der Waals surface area contributed by atoms with Crippen molar-refractivity contribution in [3.05, 3.63) is 58.1 Å². The second-order valence-electron chi connectivity index (χ2n) is 6.54. The van der Waals surface area contributed by atoms with Gasteiger partial charge in [-0.1, -0.05) is 28.1 Å². The summed E-state index contributed by atoms with van der Waals surface area (Å²) in [4.78, 5) is 1.95. The van der Waals surface area contributed by atoms with E-state index in [0.717, 1.165) is 12.1 Å². The van der Waals surface area contributed by atoms with E-state index in [1.807, 2.05) is 4.90 Å². The molecule has 1 aliphatic rings. The number of alkyl halides is 6. The number of ether oxygens (including phenoxy) is 2. The lowest BCUT2D eigenvalue weighted by molar-refractivity contribution is -0.275. The smallest absolute Gasteiger partial charge is 0.406 e. The molecule has 1 aliphatic heterocycles. The first kappa shape index (κ1) is 28.6. The van der Waals surface area contributed by atoms with Crippen LogP contribution in [0.15, 0.2) is 46.9 Å². The van der Waals surface area contributed by atoms with Crippen LogP contribution in [0.5, 0.6) is 11.5 Å². The normalized spacial score (nSPS) is 15.8. The van der Waals surface area contributed by atoms with Crippen molar-refractivity contribution in [3.8, 4) is 11.5 Å². The third kappa shape index (κ3) is 8.18. The maximum absolute atomic E-state index is 13.0. The molecule has 0 amide bonds. The van der Waals surface area contributed by atoms with Crippen LogP contribution in [0.1, 0.15) is 17.2 Å². The minimum Gasteiger partial charge on any atom is -0.406 e. The molecule has 3 rings (SSSR count). The lowest BCUT2D eigenvalue weighted by atomic mass is 9.95. The van der Waals surface area contributed by atoms with Crippen LogP contribution >= 0.6 is 40.7 Å². The second-order valence-corrected chi connectivity index (χ2v) is 7.45. The van der Waals surface area contributed by atoms with Crippen molar-refractivity contribution in [1.82, 2.24) is 10.2 Å². The topological polar surface area (TPSA) is 33.7 Å². The van der Waals surface area contributed by atoms with Gasteiger partial charge in [0.1, 0.15) is 11.5 Å². The number of halogens is 9. The highest BCUT2D eigenvalue weighted by Gasteiger charge is 2.35. The molecular formula is C19H19BrCl2F6N2O2. The Morgan fingerprint density at radius 3 is 1.94 bits per heavy atom. The van der Waals surface area contributed by atoms with Crippen molar-refractivity contribution in [1.29, 1.82) is 0 Å². The fourth-order valence-electron chi connectivity index (χ4n) is 3.33. The maximum atomic E-state index is 13.0. The standard InChI is InChI=1S/C19H17BrF6N2O2.2ClH/c20-13-3-6-16(30-19(24,25)26)15(11-13)17(28-9-7-27-8-10-28)12-1-4-14(5-2-12)29-18(21,22)23;;/h1-6,11,17,27H,7-10H2;2*1H/t17-;;/m0../s1. The van der Waals surface area contributed by atoms with Gasteiger partial charge in [-0.3, -0.25) is 4.90 Å². The average molecular weight is 572 g/mol. The number of piperazine rings is 1. The number of nitrogens with one attached hydrogen (secondary N) is 1. The molecule has 180 valence electrons. The van der Waals surface area contributed by atoms with Crippen molar-refractivity contribution in [2.24, 2.45) is 0 Å². The molecule has 0 bridgehead atoms. The largest absolute Gasteiger partial charge is 0.573 e. The third-order valence-corrected chi connectivity index (χ3v) is 4.93. The average Bonchev–Trinajstić information content (AvgIpc) is 2.64. The SMILES string of the molecule is Cl.Cl.FC(F)(F)Oc1ccc([C@@H](c2cc(Br)ccc2OC(F)(F)F)N2CCNCC2)cc1. The van der Waals surface area contributed by atoms with Crippen molar-refractivity contribution < 1.29 is 35.8 Å². The molecule has 1 atom stereocenters. The van der Waals surface area contributed by atoms with Gasteiger partial charge in [-0.25, -0.2) is 0 Å². The number of benzene rings is 2. The Balaban J connectivity index is 0.00000256. The van der Waals surface area contributed by atoms with E-state index in [-0.39, 0.29) is 36.1 Å². The first-order chi connectivity index (χ1) is 14.0. The molecule has 1 heterocycles. The zero-order chi connectivity index (χ0) is 21.9. The summed E-state index contributed by atoms with van der Waals surface area (Å²) >= 11 is 3.27. The molecule has 13 heteroatoms. The summed E-state index contributed by atoms with van der Waals surface area (Å²) in [5, 5.41) is 3.16. The van der Waals surface area contributed by atoms with Crippen LogP contribution in [-0.2, 0) is 0 Å². The molecule has 2 aromatic carbocycles. The Hall–Kier alpha value is -1.40. The molecule has 2 aromatic rings. The maximum Gasteiger partial charge on any atom is 0.573 e. The summed E-state index contributed by atoms with van der Waals surface area (Å²) in [5.41, 5.74) is 0.754. The molecule has 0 aromatic heterocycles. The van der Waals surface area contributed by atoms with Gasteiger partial charge in [0, 0.05) is 36.2 Å². The summed E-state index contributed by atoms with van der Waals surface area (Å²) in [7, 11) is 0. The Morgan fingerprint density at radius 1 is 0.844 bits per heavy atom. The van der Waals surface area contributed by atoms with Gasteiger partial charge in [0.05, 0.1) is 6.04 Å². The van der Waals surface area contributed by atoms with E-state index < -0.39 is 24.5 Å². The summed E-state index contributed by atoms with van der Waals surface area (Å²) < 4.78 is 84.9. The molecular weight excluding hydrogens is 553 g/mol. The van der Waals surface area contributed by atoms with E-state index in [1.54, 1.807) is 0 Å². The van der Waals surface area contributed by atoms with Gasteiger partial charge in [-0.05, 0) is 35.9 Å². The predicted molar refractivity (Wildman–Crippen MR) is 115 cm³/mol. The molecule has 1 saturated heterocycles. The highest BCUT2D eigenvalue weighted by atomic mass is 79.9. The fraction of sp³-hybridized carbons (Fsp3) is 0.368. The van der Waals surface area contributed by atoms with Gasteiger partial charge in [0.25, 0.3) is 0 Å². The molecule has 4 nitrogen and oxygen atoms in total. The Bertz CT molecular complexity index is 862. The van der Waals surface area contributed by atoms with Crippen molar-refractivity contribution in [2.75, 3.05) is 26.2 Å². The predicted octanol–water partition coefficient (Wildman–Crippen LogP) is 6.08. The molecule has 0 radical (unpaired) electrons. The second kappa shape index (κ2) is 11.6. The molecule has 1 fully saturated rings. The summed E-state index contributed by atoms with van der Waals surface area (Å²) in [5.74, 6) is -0.781. The van der Waals surface area contributed by atoms with Crippen molar-refractivity contribution in [2.45, 2.75) is 18.8 Å². The third-order valence-electron chi connectivity index (χ3n) is 4.44. The Kier molecular flexibility index (Phi) is 10.4. The van der Waals surface area contributed by atoms with Crippen LogP contribution in [0.4, 0.5) is 26.3 Å². The van der Waals surface area contributed by atoms with Gasteiger partial charge >= 0.3 is 12.7 Å². The fourth-order valence-corrected chi connectivity index (χ4v) is 3.71. The zero-order valence-electron chi connectivity index (χ0n) is 16.2. The van der Waals surface area contributed by atoms with Crippen LogP contribution in [0, 0.1) is 0 Å². The highest BCUT2D eigenvalue weighted by Crippen LogP contribution is 2.39. The molecule has 0 unspecified atom stereocenters. The van der Waals surface area contributed by atoms with E-state index in [1.165, 1.54) is 30.3 Å². The number of rotatable bonds is 5. The van der Waals surface area contributed by atoms with E-state index >= 15 is 0 Å². The number of hydrogen-bond donors (Lipinski definition) is 1. The van der Waals surface area contributed by atoms with Gasteiger partial charge in [0.15, 0.2) is 0 Å². The van der Waals surface area contributed by atoms with Crippen LogP contribution < -0.4 is 14.8 Å². The number of hydrogen-bond acceptors (Lipinski definition) is 4. The summed E-state index contributed by atoms with van der Waals surface area (Å²) in [6.07, 6.45) is -9.72. The van der Waals surface area contributed by atoms with Crippen molar-refractivity contribution >= 4 is 40.7 Å². The van der Waals surface area contributed by atoms with Gasteiger partial charge in [-0.2, -0.15) is 0 Å². The molecule has 32 heavy (non-hydrogen) atoms. The summed E-state index contributed by atoms with van der Waals surface area (Å²) in [6, 6.07) is 8.59. The van der Waals surface area contributed by atoms with Crippen LogP contribution in [0.3, 0.4) is 0 Å². The van der Waals surface area contributed by atoms with E-state index in [0.29, 0.717) is 36.2 Å². The van der Waals surface area contributed by atoms with E-state index in [4.69, 9.17) is 0 Å². The van der Waals surface area contributed by atoms with E-state index in [9.17, 15) is 26.3 Å². The quantitative estimate of drug-likeness (QED) is 0.441. The Labute approximate surface area is 201 Å². The molecule has 0 spiro atoms. The van der Waals surface area contributed by atoms with Crippen molar-refractivity contribution in [3.63, 3.8) is 0 Å². The Morgan fingerprint density at radius 2 is 1.41 bits per heavy atom. The van der Waals surface area contributed by atoms with Gasteiger partial charge in [0.2, 0.25) is 0 Å². The molecule has 0 aliphatic carbocycles. The lowest BCUT2D eigenvalue weighted by Crippen LogP contribution is -2.45. The molecule has 0 saturated carbocycles. The van der Waals surface area contributed by atoms with Crippen LogP contribution in [-0.4, -0.2) is 43.8 Å². The minimum atomic E-state index is -4.89. The lowest BCUT2D eigenvalue weighted by Gasteiger charge is -2.36. The zero-order valence-corrected chi connectivity index (χ0v) is 19.4. The van der Waals surface area contributed by atoms with Crippen LogP contribution in [0.25, 0.3) is 0 Å². The van der Waals surface area contributed by atoms with Gasteiger partial charge < -0.3 is 14.8 Å². The monoisotopic (exact) mass is 570 g/mol. The molecule has 1 N–H and O–H groups in total. The first-order valence-corrected chi connectivity index (χ1v) is 9.67. The van der Waals surface area contributed by atoms with Crippen LogP contribution in [0.2, 0.25) is 0 Å². The highest BCUT2D eigenvalue weighted by molar-refractivity contribution is 9.10.